The first-order chi connectivity index (χ1) is 5.20. The summed E-state index contributed by atoms with van der Waals surface area (Å²) in [6, 6.07) is 1.57. The van der Waals surface area contributed by atoms with E-state index in [0.717, 1.165) is 0 Å². The van der Waals surface area contributed by atoms with Gasteiger partial charge >= 0.3 is 6.09 Å². The van der Waals surface area contributed by atoms with E-state index >= 15 is 0 Å². The van der Waals surface area contributed by atoms with Crippen LogP contribution in [0, 0.1) is 0 Å². The molecule has 4 nitrogen and oxygen atoms in total. The van der Waals surface area contributed by atoms with Crippen molar-refractivity contribution in [1.82, 2.24) is 4.90 Å². The number of carbonyl (C=O) groups is 1. The third-order valence-electron chi connectivity index (χ3n) is 1.07. The van der Waals surface area contributed by atoms with E-state index in [1.54, 1.807) is 20.2 Å². The second kappa shape index (κ2) is 3.09. The normalized spacial score (nSPS) is 9.27. The molecule has 60 valence electrons. The molecule has 0 aliphatic rings. The third-order valence-corrected chi connectivity index (χ3v) is 1.07. The van der Waals surface area contributed by atoms with Crippen LogP contribution in [0.1, 0.15) is 0 Å². The van der Waals surface area contributed by atoms with Crippen molar-refractivity contribution >= 4 is 6.09 Å². The van der Waals surface area contributed by atoms with Gasteiger partial charge in [-0.3, -0.25) is 0 Å². The lowest BCUT2D eigenvalue weighted by Gasteiger charge is -2.08. The van der Waals surface area contributed by atoms with E-state index in [1.807, 2.05) is 0 Å². The van der Waals surface area contributed by atoms with Crippen LogP contribution < -0.4 is 4.74 Å². The number of carbonyl (C=O) groups excluding carboxylic acids is 1. The molecule has 0 radical (unpaired) electrons. The largest absolute Gasteiger partial charge is 0.469 e. The van der Waals surface area contributed by atoms with Crippen LogP contribution in [0.15, 0.2) is 23.0 Å². The van der Waals surface area contributed by atoms with Crippen LogP contribution in [0.25, 0.3) is 0 Å². The molecule has 0 aliphatic heterocycles. The SMILES string of the molecule is CN(C)C(=O)Oc1ccoc1. The summed E-state index contributed by atoms with van der Waals surface area (Å²) in [5, 5.41) is 0. The second-order valence-electron chi connectivity index (χ2n) is 2.22. The number of rotatable bonds is 1. The quantitative estimate of drug-likeness (QED) is 0.614. The van der Waals surface area contributed by atoms with E-state index in [-0.39, 0.29) is 0 Å². The molecule has 0 bridgehead atoms. The van der Waals surface area contributed by atoms with Gasteiger partial charge in [-0.05, 0) is 0 Å². The molecule has 0 aromatic carbocycles. The molecule has 1 amide bonds. The average Bonchev–Trinajstić information content (AvgIpc) is 2.39. The lowest BCUT2D eigenvalue weighted by Crippen LogP contribution is -2.25. The molecular formula is C7H9NO3. The van der Waals surface area contributed by atoms with Crippen LogP contribution in [0.4, 0.5) is 4.79 Å². The Morgan fingerprint density at radius 3 is 2.82 bits per heavy atom. The third kappa shape index (κ3) is 2.00. The van der Waals surface area contributed by atoms with Gasteiger partial charge in [0, 0.05) is 20.2 Å². The molecule has 0 fully saturated rings. The minimum absolute atomic E-state index is 0.411. The average molecular weight is 155 g/mol. The molecule has 0 N–H and O–H groups in total. The van der Waals surface area contributed by atoms with Gasteiger partial charge in [0.25, 0.3) is 0 Å². The Kier molecular flexibility index (Phi) is 2.15. The van der Waals surface area contributed by atoms with Gasteiger partial charge in [-0.2, -0.15) is 0 Å². The van der Waals surface area contributed by atoms with Crippen LogP contribution in [-0.2, 0) is 0 Å². The molecule has 0 unspecified atom stereocenters. The summed E-state index contributed by atoms with van der Waals surface area (Å²) in [7, 11) is 3.23. The van der Waals surface area contributed by atoms with Crippen LogP contribution in [0.2, 0.25) is 0 Å². The van der Waals surface area contributed by atoms with E-state index in [4.69, 9.17) is 9.15 Å². The topological polar surface area (TPSA) is 42.7 Å². The summed E-state index contributed by atoms with van der Waals surface area (Å²) >= 11 is 0. The molecule has 0 aliphatic carbocycles. The Morgan fingerprint density at radius 2 is 2.36 bits per heavy atom. The van der Waals surface area contributed by atoms with E-state index in [9.17, 15) is 4.79 Å². The summed E-state index contributed by atoms with van der Waals surface area (Å²) in [6.45, 7) is 0. The maximum absolute atomic E-state index is 10.9. The Morgan fingerprint density at radius 1 is 1.64 bits per heavy atom. The van der Waals surface area contributed by atoms with E-state index in [0.29, 0.717) is 5.75 Å². The maximum atomic E-state index is 10.9. The zero-order valence-electron chi connectivity index (χ0n) is 6.40. The Hall–Kier alpha value is -1.45. The van der Waals surface area contributed by atoms with Crippen LogP contribution in [-0.4, -0.2) is 25.1 Å². The van der Waals surface area contributed by atoms with Gasteiger partial charge in [-0.15, -0.1) is 0 Å². The fourth-order valence-electron chi connectivity index (χ4n) is 0.502. The highest BCUT2D eigenvalue weighted by molar-refractivity contribution is 5.69. The van der Waals surface area contributed by atoms with Crippen LogP contribution in [0.3, 0.4) is 0 Å². The molecule has 0 spiro atoms. The molecule has 0 saturated heterocycles. The van der Waals surface area contributed by atoms with Gasteiger partial charge in [-0.25, -0.2) is 4.79 Å². The molecule has 1 aromatic heterocycles. The van der Waals surface area contributed by atoms with Gasteiger partial charge in [-0.1, -0.05) is 0 Å². The van der Waals surface area contributed by atoms with Crippen molar-refractivity contribution in [3.05, 3.63) is 18.6 Å². The number of amides is 1. The minimum atomic E-state index is -0.411. The van der Waals surface area contributed by atoms with Crippen LogP contribution in [0.5, 0.6) is 5.75 Å². The van der Waals surface area contributed by atoms with Gasteiger partial charge in [0.2, 0.25) is 0 Å². The summed E-state index contributed by atoms with van der Waals surface area (Å²) in [4.78, 5) is 12.2. The zero-order valence-corrected chi connectivity index (χ0v) is 6.40. The van der Waals surface area contributed by atoms with Gasteiger partial charge in [0.15, 0.2) is 5.75 Å². The highest BCUT2D eigenvalue weighted by Crippen LogP contribution is 2.10. The van der Waals surface area contributed by atoms with Crippen molar-refractivity contribution in [2.45, 2.75) is 0 Å². The van der Waals surface area contributed by atoms with E-state index in [1.165, 1.54) is 17.4 Å². The Bertz CT molecular complexity index is 228. The van der Waals surface area contributed by atoms with Gasteiger partial charge in [0.05, 0.1) is 6.26 Å². The first-order valence-corrected chi connectivity index (χ1v) is 3.11. The standard InChI is InChI=1S/C7H9NO3/c1-8(2)7(9)11-6-3-4-10-5-6/h3-5H,1-2H3. The van der Waals surface area contributed by atoms with Crippen molar-refractivity contribution in [2.24, 2.45) is 0 Å². The molecule has 1 rings (SSSR count). The van der Waals surface area contributed by atoms with Crippen molar-refractivity contribution in [1.29, 1.82) is 0 Å². The second-order valence-corrected chi connectivity index (χ2v) is 2.22. The number of hydrogen-bond donors (Lipinski definition) is 0. The highest BCUT2D eigenvalue weighted by atomic mass is 16.6. The number of furan rings is 1. The lowest BCUT2D eigenvalue weighted by molar-refractivity contribution is 0.171. The van der Waals surface area contributed by atoms with Crippen molar-refractivity contribution < 1.29 is 13.9 Å². The van der Waals surface area contributed by atoms with Crippen LogP contribution >= 0.6 is 0 Å². The first-order valence-electron chi connectivity index (χ1n) is 3.11. The fraction of sp³-hybridized carbons (Fsp3) is 0.286. The zero-order chi connectivity index (χ0) is 8.27. The monoisotopic (exact) mass is 155 g/mol. The molecule has 11 heavy (non-hydrogen) atoms. The number of ether oxygens (including phenoxy) is 1. The lowest BCUT2D eigenvalue weighted by atomic mass is 10.6. The maximum Gasteiger partial charge on any atom is 0.414 e. The van der Waals surface area contributed by atoms with E-state index < -0.39 is 6.09 Å². The highest BCUT2D eigenvalue weighted by Gasteiger charge is 2.06. The Labute approximate surface area is 64.4 Å². The van der Waals surface area contributed by atoms with Crippen molar-refractivity contribution in [3.63, 3.8) is 0 Å². The predicted molar refractivity (Wildman–Crippen MR) is 38.4 cm³/mol. The summed E-state index contributed by atoms with van der Waals surface area (Å²) in [5.41, 5.74) is 0. The molecule has 0 atom stereocenters. The summed E-state index contributed by atoms with van der Waals surface area (Å²) < 4.78 is 9.51. The van der Waals surface area contributed by atoms with Crippen molar-refractivity contribution in [3.8, 4) is 5.75 Å². The van der Waals surface area contributed by atoms with Crippen molar-refractivity contribution in [2.75, 3.05) is 14.1 Å². The Balaban J connectivity index is 2.50. The summed E-state index contributed by atoms with van der Waals surface area (Å²) in [6.07, 6.45) is 2.39. The first kappa shape index (κ1) is 7.65. The fourth-order valence-corrected chi connectivity index (χ4v) is 0.502. The van der Waals surface area contributed by atoms with Gasteiger partial charge < -0.3 is 14.1 Å². The molecule has 1 aromatic rings. The van der Waals surface area contributed by atoms with E-state index in [2.05, 4.69) is 0 Å². The molecule has 0 saturated carbocycles. The number of hydrogen-bond acceptors (Lipinski definition) is 3. The number of nitrogens with zero attached hydrogens (tertiary/aromatic N) is 1. The minimum Gasteiger partial charge on any atom is -0.469 e. The molecular weight excluding hydrogens is 146 g/mol. The summed E-state index contributed by atoms with van der Waals surface area (Å²) in [5.74, 6) is 0.420. The predicted octanol–water partition coefficient (Wildman–Crippen LogP) is 1.34. The van der Waals surface area contributed by atoms with Gasteiger partial charge in [0.1, 0.15) is 6.26 Å². The molecule has 1 heterocycles. The molecule has 4 heteroatoms. The smallest absolute Gasteiger partial charge is 0.414 e.